The van der Waals surface area contributed by atoms with Gasteiger partial charge >= 0.3 is 0 Å². The van der Waals surface area contributed by atoms with Gasteiger partial charge in [-0.3, -0.25) is 9.79 Å². The van der Waals surface area contributed by atoms with E-state index >= 15 is 0 Å². The van der Waals surface area contributed by atoms with Crippen LogP contribution in [-0.4, -0.2) is 23.7 Å². The van der Waals surface area contributed by atoms with E-state index < -0.39 is 0 Å². The second kappa shape index (κ2) is 12.8. The van der Waals surface area contributed by atoms with Crippen LogP contribution in [0.4, 0.5) is 3.89 Å². The minimum atomic E-state index is -0.328. The molecular formula is C25H30FN3OS. The first-order valence-corrected chi connectivity index (χ1v) is 11.2. The summed E-state index contributed by atoms with van der Waals surface area (Å²) < 4.78 is 12.7. The van der Waals surface area contributed by atoms with E-state index in [2.05, 4.69) is 47.9 Å². The van der Waals surface area contributed by atoms with Gasteiger partial charge in [-0.25, -0.2) is 4.98 Å². The van der Waals surface area contributed by atoms with Gasteiger partial charge in [-0.15, -0.1) is 6.58 Å². The van der Waals surface area contributed by atoms with Crippen molar-refractivity contribution in [2.45, 2.75) is 45.2 Å². The third kappa shape index (κ3) is 7.17. The number of aromatic nitrogens is 1. The van der Waals surface area contributed by atoms with E-state index in [0.717, 1.165) is 18.4 Å². The molecule has 2 rings (SSSR count). The number of rotatable bonds is 11. The molecule has 0 bridgehead atoms. The molecule has 1 heterocycles. The molecule has 0 fully saturated rings. The number of hydrogen-bond donors (Lipinski definition) is 1. The molecule has 0 spiro atoms. The van der Waals surface area contributed by atoms with Crippen molar-refractivity contribution >= 4 is 29.8 Å². The molecule has 0 aliphatic rings. The summed E-state index contributed by atoms with van der Waals surface area (Å²) in [5.74, 6) is 0.0163. The Bertz CT molecular complexity index is 938. The highest BCUT2D eigenvalue weighted by atomic mass is 32.2. The highest BCUT2D eigenvalue weighted by molar-refractivity contribution is 7.94. The van der Waals surface area contributed by atoms with Crippen molar-refractivity contribution in [1.29, 1.82) is 0 Å². The summed E-state index contributed by atoms with van der Waals surface area (Å²) in [5, 5.41) is 3.01. The molecule has 1 aromatic carbocycles. The van der Waals surface area contributed by atoms with Crippen LogP contribution in [0.3, 0.4) is 0 Å². The van der Waals surface area contributed by atoms with Crippen molar-refractivity contribution in [3.8, 4) is 0 Å². The van der Waals surface area contributed by atoms with Crippen molar-refractivity contribution in [2.24, 2.45) is 10.9 Å². The van der Waals surface area contributed by atoms with Crippen molar-refractivity contribution in [3.63, 3.8) is 0 Å². The van der Waals surface area contributed by atoms with Crippen molar-refractivity contribution in [2.75, 3.05) is 6.54 Å². The number of aliphatic imine (C=N–C) groups is 1. The summed E-state index contributed by atoms with van der Waals surface area (Å²) in [7, 11) is 0. The van der Waals surface area contributed by atoms with Gasteiger partial charge in [0, 0.05) is 6.54 Å². The summed E-state index contributed by atoms with van der Waals surface area (Å²) in [4.78, 5) is 20.7. The average Bonchev–Trinajstić information content (AvgIpc) is 2.80. The first-order chi connectivity index (χ1) is 15.0. The maximum atomic E-state index is 12.7. The van der Waals surface area contributed by atoms with E-state index in [1.807, 2.05) is 31.3 Å². The fourth-order valence-corrected chi connectivity index (χ4v) is 3.72. The molecule has 31 heavy (non-hydrogen) atoms. The topological polar surface area (TPSA) is 54.4 Å². The Morgan fingerprint density at radius 3 is 2.65 bits per heavy atom. The Labute approximate surface area is 189 Å². The summed E-state index contributed by atoms with van der Waals surface area (Å²) in [6, 6.07) is 12.9. The van der Waals surface area contributed by atoms with Gasteiger partial charge in [0.15, 0.2) is 0 Å². The molecule has 6 heteroatoms. The summed E-state index contributed by atoms with van der Waals surface area (Å²) in [5.41, 5.74) is 4.99. The number of halogens is 1. The van der Waals surface area contributed by atoms with E-state index in [-0.39, 0.29) is 28.8 Å². The molecule has 1 atom stereocenters. The Hall–Kier alpha value is -2.73. The minimum absolute atomic E-state index is 0.0234. The van der Waals surface area contributed by atoms with Gasteiger partial charge in [0.05, 0.1) is 6.54 Å². The van der Waals surface area contributed by atoms with Crippen molar-refractivity contribution < 1.29 is 8.68 Å². The molecule has 0 saturated heterocycles. The first-order valence-electron chi connectivity index (χ1n) is 10.4. The Morgan fingerprint density at radius 1 is 1.29 bits per heavy atom. The van der Waals surface area contributed by atoms with E-state index in [4.69, 9.17) is 0 Å². The van der Waals surface area contributed by atoms with Gasteiger partial charge in [-0.2, -0.15) is 3.89 Å². The maximum Gasteiger partial charge on any atom is 0.270 e. The number of allylic oxidation sites excluding steroid dienone is 2. The zero-order valence-electron chi connectivity index (χ0n) is 18.4. The molecule has 0 aliphatic heterocycles. The van der Waals surface area contributed by atoms with Crippen LogP contribution >= 0.6 is 12.1 Å². The molecule has 0 radical (unpaired) electrons. The zero-order valence-corrected chi connectivity index (χ0v) is 19.2. The molecule has 164 valence electrons. The maximum absolute atomic E-state index is 12.7. The average molecular weight is 440 g/mol. The summed E-state index contributed by atoms with van der Waals surface area (Å²) >= 11 is 0.0234. The van der Waals surface area contributed by atoms with Crippen LogP contribution in [0.25, 0.3) is 5.57 Å². The largest absolute Gasteiger partial charge is 0.347 e. The van der Waals surface area contributed by atoms with Crippen LogP contribution in [0.1, 0.15) is 55.2 Å². The number of carbonyl (C=O) groups excluding carboxylic acids is 1. The van der Waals surface area contributed by atoms with Crippen LogP contribution in [-0.2, 0) is 6.54 Å². The van der Waals surface area contributed by atoms with Gasteiger partial charge in [-0.05, 0) is 66.3 Å². The van der Waals surface area contributed by atoms with Gasteiger partial charge in [0.25, 0.3) is 5.91 Å². The molecular weight excluding hydrogens is 409 g/mol. The van der Waals surface area contributed by atoms with Gasteiger partial charge in [0.2, 0.25) is 0 Å². The summed E-state index contributed by atoms with van der Waals surface area (Å²) in [6.45, 7) is 11.3. The lowest BCUT2D eigenvalue weighted by molar-refractivity contribution is 0.0945. The Morgan fingerprint density at radius 2 is 2.03 bits per heavy atom. The lowest BCUT2D eigenvalue weighted by Crippen LogP contribution is -2.23. The summed E-state index contributed by atoms with van der Waals surface area (Å²) in [6.07, 6.45) is 5.63. The van der Waals surface area contributed by atoms with Crippen LogP contribution in [0, 0.1) is 5.92 Å². The highest BCUT2D eigenvalue weighted by Gasteiger charge is 2.15. The monoisotopic (exact) mass is 439 g/mol. The van der Waals surface area contributed by atoms with Crippen LogP contribution in [0.15, 0.2) is 70.7 Å². The standard InChI is InChI=1S/C25H30FN3OS/c1-5-9-18(4)24(20(6-2)17-27-7-3)21-14-12-19(13-15-21)16-28-25(30)22-10-8-11-23(29-22)31-26/h5,7-8,10-15,18H,1,6,9,16-17H2,2-4H3,(H,28,30)/b24-20+,27-7-. The van der Waals surface area contributed by atoms with Crippen LogP contribution in [0.5, 0.6) is 0 Å². The fourth-order valence-electron chi connectivity index (χ4n) is 3.45. The van der Waals surface area contributed by atoms with E-state index in [9.17, 15) is 8.68 Å². The predicted molar refractivity (Wildman–Crippen MR) is 129 cm³/mol. The molecule has 4 nitrogen and oxygen atoms in total. The Balaban J connectivity index is 2.17. The number of nitrogens with one attached hydrogen (secondary N) is 1. The Kier molecular flexibility index (Phi) is 10.2. The van der Waals surface area contributed by atoms with E-state index in [1.54, 1.807) is 12.1 Å². The third-order valence-electron chi connectivity index (χ3n) is 5.04. The smallest absolute Gasteiger partial charge is 0.270 e. The predicted octanol–water partition coefficient (Wildman–Crippen LogP) is 6.45. The SMILES string of the molecule is C=CCC(C)/C(=C(/CC)C/N=C\C)c1ccc(CNC(=O)c2cccc(SF)n2)cc1. The van der Waals surface area contributed by atoms with Crippen LogP contribution in [0.2, 0.25) is 0 Å². The molecule has 0 aliphatic carbocycles. The molecule has 1 unspecified atom stereocenters. The number of amides is 1. The first kappa shape index (κ1) is 24.5. The van der Waals surface area contributed by atoms with Gasteiger partial charge < -0.3 is 5.32 Å². The lowest BCUT2D eigenvalue weighted by atomic mass is 9.86. The normalized spacial score (nSPS) is 13.0. The second-order valence-corrected chi connectivity index (χ2v) is 7.79. The molecule has 1 aromatic heterocycles. The number of nitrogens with zero attached hydrogens (tertiary/aromatic N) is 2. The zero-order chi connectivity index (χ0) is 22.6. The van der Waals surface area contributed by atoms with Crippen LogP contribution < -0.4 is 5.32 Å². The molecule has 1 amide bonds. The molecule has 2 aromatic rings. The van der Waals surface area contributed by atoms with Gasteiger partial charge in [-0.1, -0.05) is 50.3 Å². The van der Waals surface area contributed by atoms with Crippen molar-refractivity contribution in [3.05, 3.63) is 77.5 Å². The number of pyridine rings is 1. The van der Waals surface area contributed by atoms with Gasteiger partial charge in [0.1, 0.15) is 22.9 Å². The van der Waals surface area contributed by atoms with Crippen molar-refractivity contribution in [1.82, 2.24) is 10.3 Å². The minimum Gasteiger partial charge on any atom is -0.347 e. The number of carbonyl (C=O) groups is 1. The third-order valence-corrected chi connectivity index (χ3v) is 5.42. The molecule has 0 saturated carbocycles. The lowest BCUT2D eigenvalue weighted by Gasteiger charge is -2.20. The quantitative estimate of drug-likeness (QED) is 0.323. The highest BCUT2D eigenvalue weighted by Crippen LogP contribution is 2.31. The van der Waals surface area contributed by atoms with E-state index in [0.29, 0.717) is 19.0 Å². The second-order valence-electron chi connectivity index (χ2n) is 7.21. The fraction of sp³-hybridized carbons (Fsp3) is 0.320. The molecule has 1 N–H and O–H groups in total. The number of hydrogen-bond acceptors (Lipinski definition) is 4. The van der Waals surface area contributed by atoms with E-state index in [1.165, 1.54) is 22.8 Å². The number of benzene rings is 1.